The van der Waals surface area contributed by atoms with Crippen molar-refractivity contribution in [1.29, 1.82) is 0 Å². The van der Waals surface area contributed by atoms with Crippen LogP contribution in [-0.4, -0.2) is 17.2 Å². The molecule has 1 aliphatic rings. The van der Waals surface area contributed by atoms with Crippen molar-refractivity contribution in [2.45, 2.75) is 57.5 Å². The smallest absolute Gasteiger partial charge is 0.313 e. The molecule has 0 amide bonds. The van der Waals surface area contributed by atoms with Crippen LogP contribution < -0.4 is 0 Å². The van der Waals surface area contributed by atoms with Crippen LogP contribution in [0.1, 0.15) is 56.9 Å². The fraction of sp³-hybridized carbons (Fsp3) is 0.562. The average Bonchev–Trinajstić information content (AvgIpc) is 2.77. The highest BCUT2D eigenvalue weighted by Gasteiger charge is 2.34. The molecule has 0 bridgehead atoms. The monoisotopic (exact) mass is 262 g/mol. The number of esters is 1. The van der Waals surface area contributed by atoms with Crippen molar-refractivity contribution in [2.24, 2.45) is 0 Å². The number of carbonyl (C=O) groups excluding carboxylic acids is 1. The average molecular weight is 262 g/mol. The van der Waals surface area contributed by atoms with Crippen molar-refractivity contribution in [3.05, 3.63) is 29.8 Å². The third-order valence-corrected chi connectivity index (χ3v) is 3.74. The number of phenolic OH excluding ortho intramolecular Hbond substituents is 1. The van der Waals surface area contributed by atoms with Crippen LogP contribution in [0.25, 0.3) is 0 Å². The first kappa shape index (κ1) is 13.9. The van der Waals surface area contributed by atoms with Crippen molar-refractivity contribution < 1.29 is 14.6 Å². The zero-order valence-electron chi connectivity index (χ0n) is 11.5. The highest BCUT2D eigenvalue weighted by molar-refractivity contribution is 5.80. The van der Waals surface area contributed by atoms with Crippen LogP contribution in [0.5, 0.6) is 5.75 Å². The minimum atomic E-state index is -0.156. The summed E-state index contributed by atoms with van der Waals surface area (Å²) in [7, 11) is 0. The van der Waals surface area contributed by atoms with Gasteiger partial charge in [0, 0.05) is 6.42 Å². The maximum absolute atomic E-state index is 11.9. The molecule has 1 heterocycles. The Balaban J connectivity index is 1.87. The van der Waals surface area contributed by atoms with E-state index in [4.69, 9.17) is 4.74 Å². The van der Waals surface area contributed by atoms with Gasteiger partial charge in [0.1, 0.15) is 11.9 Å². The molecule has 0 aromatic heterocycles. The number of carbonyl (C=O) groups is 1. The van der Waals surface area contributed by atoms with Gasteiger partial charge in [-0.05, 0) is 30.5 Å². The molecule has 1 saturated heterocycles. The lowest BCUT2D eigenvalue weighted by Crippen LogP contribution is -2.06. The van der Waals surface area contributed by atoms with Crippen molar-refractivity contribution in [1.82, 2.24) is 0 Å². The summed E-state index contributed by atoms with van der Waals surface area (Å²) >= 11 is 0. The SMILES string of the molecule is CCCCCC[C@@H]1C[C@@H](c2ccc(O)cc2)C(=O)O1. The Kier molecular flexibility index (Phi) is 4.83. The largest absolute Gasteiger partial charge is 0.508 e. The molecule has 1 N–H and O–H groups in total. The van der Waals surface area contributed by atoms with Gasteiger partial charge < -0.3 is 9.84 Å². The lowest BCUT2D eigenvalue weighted by Gasteiger charge is -2.08. The number of benzene rings is 1. The molecule has 0 aliphatic carbocycles. The van der Waals surface area contributed by atoms with E-state index in [0.717, 1.165) is 24.8 Å². The Morgan fingerprint density at radius 3 is 2.63 bits per heavy atom. The fourth-order valence-electron chi connectivity index (χ4n) is 2.61. The second-order valence-electron chi connectivity index (χ2n) is 5.29. The standard InChI is InChI=1S/C16H22O3/c1-2-3-4-5-6-14-11-15(16(18)19-14)12-7-9-13(17)10-8-12/h7-10,14-15,17H,2-6,11H2,1H3/t14-,15+/m1/s1. The maximum Gasteiger partial charge on any atom is 0.313 e. The highest BCUT2D eigenvalue weighted by atomic mass is 16.5. The van der Waals surface area contributed by atoms with Gasteiger partial charge in [-0.2, -0.15) is 0 Å². The molecule has 3 nitrogen and oxygen atoms in total. The lowest BCUT2D eigenvalue weighted by molar-refractivity contribution is -0.142. The minimum Gasteiger partial charge on any atom is -0.508 e. The van der Waals surface area contributed by atoms with Gasteiger partial charge in [-0.1, -0.05) is 38.3 Å². The summed E-state index contributed by atoms with van der Waals surface area (Å²) < 4.78 is 5.44. The molecule has 2 atom stereocenters. The number of unbranched alkanes of at least 4 members (excludes halogenated alkanes) is 3. The zero-order valence-corrected chi connectivity index (χ0v) is 11.5. The van der Waals surface area contributed by atoms with Crippen LogP contribution in [0, 0.1) is 0 Å². The van der Waals surface area contributed by atoms with Crippen molar-refractivity contribution in [3.8, 4) is 5.75 Å². The van der Waals surface area contributed by atoms with E-state index in [-0.39, 0.29) is 23.7 Å². The van der Waals surface area contributed by atoms with E-state index < -0.39 is 0 Å². The number of rotatable bonds is 6. The molecule has 0 unspecified atom stereocenters. The molecule has 3 heteroatoms. The molecule has 19 heavy (non-hydrogen) atoms. The normalized spacial score (nSPS) is 22.5. The number of ether oxygens (including phenoxy) is 1. The first-order valence-electron chi connectivity index (χ1n) is 7.20. The van der Waals surface area contributed by atoms with E-state index in [1.54, 1.807) is 24.3 Å². The van der Waals surface area contributed by atoms with Crippen LogP contribution in [0.3, 0.4) is 0 Å². The molecule has 2 rings (SSSR count). The van der Waals surface area contributed by atoms with E-state index in [2.05, 4.69) is 6.92 Å². The van der Waals surface area contributed by atoms with Gasteiger partial charge in [0.15, 0.2) is 0 Å². The summed E-state index contributed by atoms with van der Waals surface area (Å²) in [6.07, 6.45) is 6.64. The van der Waals surface area contributed by atoms with Gasteiger partial charge >= 0.3 is 5.97 Å². The third kappa shape index (κ3) is 3.72. The molecule has 0 radical (unpaired) electrons. The molecule has 1 aliphatic heterocycles. The van der Waals surface area contributed by atoms with Gasteiger partial charge in [-0.15, -0.1) is 0 Å². The Hall–Kier alpha value is -1.51. The van der Waals surface area contributed by atoms with Crippen molar-refractivity contribution >= 4 is 5.97 Å². The second kappa shape index (κ2) is 6.60. The van der Waals surface area contributed by atoms with E-state index in [9.17, 15) is 9.90 Å². The minimum absolute atomic E-state index is 0.0724. The van der Waals surface area contributed by atoms with Crippen LogP contribution in [0.4, 0.5) is 0 Å². The molecular weight excluding hydrogens is 240 g/mol. The van der Waals surface area contributed by atoms with Gasteiger partial charge in [0.2, 0.25) is 0 Å². The van der Waals surface area contributed by atoms with Crippen LogP contribution >= 0.6 is 0 Å². The molecular formula is C16H22O3. The summed E-state index contributed by atoms with van der Waals surface area (Å²) in [6, 6.07) is 6.86. The zero-order chi connectivity index (χ0) is 13.7. The van der Waals surface area contributed by atoms with Crippen LogP contribution in [0.15, 0.2) is 24.3 Å². The predicted molar refractivity (Wildman–Crippen MR) is 74.1 cm³/mol. The van der Waals surface area contributed by atoms with Crippen molar-refractivity contribution in [3.63, 3.8) is 0 Å². The summed E-state index contributed by atoms with van der Waals surface area (Å²) in [5, 5.41) is 9.27. The Morgan fingerprint density at radius 2 is 1.95 bits per heavy atom. The summed E-state index contributed by atoms with van der Waals surface area (Å²) in [5.41, 5.74) is 0.943. The first-order chi connectivity index (χ1) is 9.20. The summed E-state index contributed by atoms with van der Waals surface area (Å²) in [6.45, 7) is 2.19. The number of aromatic hydroxyl groups is 1. The second-order valence-corrected chi connectivity index (χ2v) is 5.29. The Labute approximate surface area is 114 Å². The number of hydrogen-bond acceptors (Lipinski definition) is 3. The van der Waals surface area contributed by atoms with Crippen molar-refractivity contribution in [2.75, 3.05) is 0 Å². The van der Waals surface area contributed by atoms with E-state index in [0.29, 0.717) is 0 Å². The Morgan fingerprint density at radius 1 is 1.21 bits per heavy atom. The maximum atomic E-state index is 11.9. The Bertz CT molecular complexity index is 411. The van der Waals surface area contributed by atoms with Crippen LogP contribution in [0.2, 0.25) is 0 Å². The number of hydrogen-bond donors (Lipinski definition) is 1. The molecule has 1 aromatic carbocycles. The van der Waals surface area contributed by atoms with Gasteiger partial charge in [-0.3, -0.25) is 4.79 Å². The number of phenols is 1. The molecule has 104 valence electrons. The van der Waals surface area contributed by atoms with Gasteiger partial charge in [-0.25, -0.2) is 0 Å². The molecule has 1 fully saturated rings. The van der Waals surface area contributed by atoms with E-state index in [1.807, 2.05) is 0 Å². The van der Waals surface area contributed by atoms with Gasteiger partial charge in [0.25, 0.3) is 0 Å². The fourth-order valence-corrected chi connectivity index (χ4v) is 2.61. The van der Waals surface area contributed by atoms with Crippen LogP contribution in [-0.2, 0) is 9.53 Å². The highest BCUT2D eigenvalue weighted by Crippen LogP contribution is 2.33. The predicted octanol–water partition coefficient (Wildman–Crippen LogP) is 3.76. The number of cyclic esters (lactones) is 1. The van der Waals surface area contributed by atoms with E-state index >= 15 is 0 Å². The molecule has 0 spiro atoms. The molecule has 1 aromatic rings. The first-order valence-corrected chi connectivity index (χ1v) is 7.20. The summed E-state index contributed by atoms with van der Waals surface area (Å²) in [5.74, 6) is -0.0470. The topological polar surface area (TPSA) is 46.5 Å². The van der Waals surface area contributed by atoms with Gasteiger partial charge in [0.05, 0.1) is 5.92 Å². The lowest BCUT2D eigenvalue weighted by atomic mass is 9.94. The third-order valence-electron chi connectivity index (χ3n) is 3.74. The summed E-state index contributed by atoms with van der Waals surface area (Å²) in [4.78, 5) is 11.9. The quantitative estimate of drug-likeness (QED) is 0.627. The van der Waals surface area contributed by atoms with E-state index in [1.165, 1.54) is 19.3 Å². The molecule has 0 saturated carbocycles.